The van der Waals surface area contributed by atoms with Crippen molar-refractivity contribution in [2.75, 3.05) is 0 Å². The van der Waals surface area contributed by atoms with Crippen molar-refractivity contribution in [3.8, 4) is 44.5 Å². The highest BCUT2D eigenvalue weighted by Gasteiger charge is 2.35. The summed E-state index contributed by atoms with van der Waals surface area (Å²) in [5.74, 6) is 0. The number of furan rings is 1. The van der Waals surface area contributed by atoms with E-state index in [1.807, 2.05) is 54.6 Å². The number of rotatable bonds is 3. The molecular weight excluding hydrogens is 581 g/mol. The molecule has 0 radical (unpaired) electrons. The van der Waals surface area contributed by atoms with Crippen LogP contribution in [0.4, 0.5) is 0 Å². The SMILES string of the molecule is [2H]c1c([2H])c([2H])c2c(-c3ccc4oc5ccccc5c4c3)c3c([2H])c([2H])c([2H])c([2H])c3c(-c3cccc(-c4ccc5c(c4)-c4ccccc4C5(C)C)c3)c2c1[2H]. The average molecular weight is 621 g/mol. The van der Waals surface area contributed by atoms with Crippen molar-refractivity contribution in [1.29, 1.82) is 0 Å². The van der Waals surface area contributed by atoms with E-state index in [9.17, 15) is 5.48 Å². The van der Waals surface area contributed by atoms with Crippen molar-refractivity contribution in [2.24, 2.45) is 0 Å². The third-order valence-corrected chi connectivity index (χ3v) is 10.1. The van der Waals surface area contributed by atoms with Gasteiger partial charge in [0.2, 0.25) is 0 Å². The minimum absolute atomic E-state index is 0.159. The van der Waals surface area contributed by atoms with Crippen LogP contribution in [0.25, 0.3) is 88.0 Å². The lowest BCUT2D eigenvalue weighted by molar-refractivity contribution is 0.660. The zero-order chi connectivity index (χ0) is 38.9. The molecule has 48 heavy (non-hydrogen) atoms. The van der Waals surface area contributed by atoms with Crippen molar-refractivity contribution in [3.05, 3.63) is 169 Å². The van der Waals surface area contributed by atoms with Crippen molar-refractivity contribution >= 4 is 43.5 Å². The van der Waals surface area contributed by atoms with E-state index in [1.165, 1.54) is 16.7 Å². The molecule has 1 aliphatic rings. The van der Waals surface area contributed by atoms with Crippen molar-refractivity contribution in [1.82, 2.24) is 0 Å². The van der Waals surface area contributed by atoms with E-state index in [1.54, 1.807) is 12.1 Å². The second kappa shape index (κ2) is 10.0. The summed E-state index contributed by atoms with van der Waals surface area (Å²) in [5.41, 5.74) is 9.53. The maximum Gasteiger partial charge on any atom is 0.135 e. The van der Waals surface area contributed by atoms with E-state index < -0.39 is 24.2 Å². The summed E-state index contributed by atoms with van der Waals surface area (Å²) in [4.78, 5) is 0. The maximum absolute atomic E-state index is 9.39. The average Bonchev–Trinajstić information content (AvgIpc) is 3.70. The van der Waals surface area contributed by atoms with Gasteiger partial charge in [0.25, 0.3) is 0 Å². The Morgan fingerprint density at radius 3 is 1.75 bits per heavy atom. The van der Waals surface area contributed by atoms with Crippen LogP contribution in [0.15, 0.2) is 162 Å². The van der Waals surface area contributed by atoms with E-state index in [0.29, 0.717) is 33.4 Å². The third kappa shape index (κ3) is 3.85. The standard InChI is InChI=1S/C47H32O/c1-47(2)41-20-9-7-14-33(41)39-27-30(22-24-42(39)47)29-12-11-13-31(26-29)45-35-16-3-5-18-37(35)46(38-19-6-4-17-36(38)45)32-23-25-44-40(28-32)34-15-8-10-21-43(34)48-44/h3-28H,1-2H3/i3D,4D,5D,6D,16D,17D,18D,19D. The first-order chi connectivity index (χ1) is 26.9. The monoisotopic (exact) mass is 620 g/mol. The highest BCUT2D eigenvalue weighted by molar-refractivity contribution is 6.22. The molecule has 1 heterocycles. The first-order valence-corrected chi connectivity index (χ1v) is 16.1. The van der Waals surface area contributed by atoms with Gasteiger partial charge < -0.3 is 4.42 Å². The van der Waals surface area contributed by atoms with E-state index >= 15 is 0 Å². The lowest BCUT2D eigenvalue weighted by Crippen LogP contribution is -2.14. The zero-order valence-corrected chi connectivity index (χ0v) is 26.3. The van der Waals surface area contributed by atoms with Crippen LogP contribution < -0.4 is 0 Å². The first-order valence-electron chi connectivity index (χ1n) is 20.1. The predicted molar refractivity (Wildman–Crippen MR) is 203 cm³/mol. The van der Waals surface area contributed by atoms with Gasteiger partial charge in [0.05, 0.1) is 11.0 Å². The van der Waals surface area contributed by atoms with Crippen LogP contribution in [-0.4, -0.2) is 0 Å². The second-order valence-corrected chi connectivity index (χ2v) is 13.1. The molecule has 0 spiro atoms. The molecule has 1 aliphatic carbocycles. The van der Waals surface area contributed by atoms with Crippen LogP contribution in [0.1, 0.15) is 35.9 Å². The molecule has 0 N–H and O–H groups in total. The fourth-order valence-electron chi connectivity index (χ4n) is 7.84. The molecule has 1 heteroatoms. The highest BCUT2D eigenvalue weighted by atomic mass is 16.3. The van der Waals surface area contributed by atoms with Gasteiger partial charge in [0.15, 0.2) is 0 Å². The zero-order valence-electron chi connectivity index (χ0n) is 34.3. The maximum atomic E-state index is 9.39. The normalized spacial score (nSPS) is 15.7. The van der Waals surface area contributed by atoms with Gasteiger partial charge in [-0.2, -0.15) is 0 Å². The van der Waals surface area contributed by atoms with Gasteiger partial charge in [-0.05, 0) is 108 Å². The summed E-state index contributed by atoms with van der Waals surface area (Å²) in [5, 5.41) is 2.35. The molecule has 0 saturated carbocycles. The van der Waals surface area contributed by atoms with Gasteiger partial charge in [-0.25, -0.2) is 0 Å². The minimum Gasteiger partial charge on any atom is -0.456 e. The second-order valence-electron chi connectivity index (χ2n) is 13.1. The highest BCUT2D eigenvalue weighted by Crippen LogP contribution is 2.50. The summed E-state index contributed by atoms with van der Waals surface area (Å²) >= 11 is 0. The molecule has 10 rings (SSSR count). The minimum atomic E-state index is -0.431. The fourth-order valence-corrected chi connectivity index (χ4v) is 7.84. The van der Waals surface area contributed by atoms with E-state index in [2.05, 4.69) is 56.3 Å². The summed E-state index contributed by atoms with van der Waals surface area (Å²) in [7, 11) is 0. The molecular formula is C47H32O. The molecule has 9 aromatic rings. The molecule has 1 aromatic heterocycles. The topological polar surface area (TPSA) is 13.1 Å². The van der Waals surface area contributed by atoms with Gasteiger partial charge in [0.1, 0.15) is 11.2 Å². The first kappa shape index (κ1) is 20.3. The Hall–Kier alpha value is -5.92. The number of benzene rings is 8. The Kier molecular flexibility index (Phi) is 4.25. The number of hydrogen-bond acceptors (Lipinski definition) is 1. The third-order valence-electron chi connectivity index (χ3n) is 10.1. The molecule has 0 bridgehead atoms. The quantitative estimate of drug-likeness (QED) is 0.179. The lowest BCUT2D eigenvalue weighted by atomic mass is 9.82. The van der Waals surface area contributed by atoms with Crippen molar-refractivity contribution < 1.29 is 15.4 Å². The van der Waals surface area contributed by atoms with Gasteiger partial charge in [0, 0.05) is 16.2 Å². The Morgan fingerprint density at radius 1 is 0.438 bits per heavy atom. The Balaban J connectivity index is 1.32. The number of fused-ring (bicyclic) bond motifs is 8. The molecule has 0 aliphatic heterocycles. The molecule has 0 atom stereocenters. The van der Waals surface area contributed by atoms with Gasteiger partial charge in [-0.15, -0.1) is 0 Å². The summed E-state index contributed by atoms with van der Waals surface area (Å²) < 4.78 is 79.0. The Labute approximate surface area is 291 Å². The van der Waals surface area contributed by atoms with E-state index in [-0.39, 0.29) is 51.1 Å². The molecule has 0 amide bonds. The van der Waals surface area contributed by atoms with Gasteiger partial charge in [-0.3, -0.25) is 0 Å². The van der Waals surface area contributed by atoms with E-state index in [4.69, 9.17) is 9.90 Å². The summed E-state index contributed by atoms with van der Waals surface area (Å²) in [6.45, 7) is 4.47. The van der Waals surface area contributed by atoms with Crippen LogP contribution in [0.3, 0.4) is 0 Å². The fraction of sp³-hybridized carbons (Fsp3) is 0.0638. The van der Waals surface area contributed by atoms with Crippen LogP contribution >= 0.6 is 0 Å². The van der Waals surface area contributed by atoms with Crippen LogP contribution in [0.2, 0.25) is 0 Å². The smallest absolute Gasteiger partial charge is 0.135 e. The van der Waals surface area contributed by atoms with Gasteiger partial charge >= 0.3 is 0 Å². The number of para-hydroxylation sites is 1. The summed E-state index contributed by atoms with van der Waals surface area (Å²) in [6, 6.07) is 32.8. The number of hydrogen-bond donors (Lipinski definition) is 0. The lowest BCUT2D eigenvalue weighted by Gasteiger charge is -2.21. The molecule has 0 saturated heterocycles. The van der Waals surface area contributed by atoms with Crippen LogP contribution in [-0.2, 0) is 5.41 Å². The van der Waals surface area contributed by atoms with Crippen LogP contribution in [0.5, 0.6) is 0 Å². The Bertz CT molecular complexity index is 3130. The predicted octanol–water partition coefficient (Wildman–Crippen LogP) is 13.2. The molecule has 1 nitrogen and oxygen atoms in total. The van der Waals surface area contributed by atoms with Crippen LogP contribution in [0, 0.1) is 0 Å². The molecule has 0 unspecified atom stereocenters. The Morgan fingerprint density at radius 2 is 1.00 bits per heavy atom. The summed E-state index contributed by atoms with van der Waals surface area (Å²) in [6.07, 6.45) is 0. The molecule has 226 valence electrons. The van der Waals surface area contributed by atoms with Crippen molar-refractivity contribution in [2.45, 2.75) is 19.3 Å². The molecule has 0 fully saturated rings. The van der Waals surface area contributed by atoms with Crippen molar-refractivity contribution in [3.63, 3.8) is 0 Å². The largest absolute Gasteiger partial charge is 0.456 e. The van der Waals surface area contributed by atoms with E-state index in [0.717, 1.165) is 27.5 Å². The molecule has 8 aromatic carbocycles. The van der Waals surface area contributed by atoms with Gasteiger partial charge in [-0.1, -0.05) is 141 Å².